The van der Waals surface area contributed by atoms with Crippen LogP contribution in [0.5, 0.6) is 0 Å². The molecule has 0 aliphatic rings. The second kappa shape index (κ2) is 4.03. The van der Waals surface area contributed by atoms with Crippen LogP contribution in [-0.4, -0.2) is 15.3 Å². The van der Waals surface area contributed by atoms with Gasteiger partial charge < -0.3 is 4.57 Å². The second-order valence-electron chi connectivity index (χ2n) is 3.30. The van der Waals surface area contributed by atoms with Crippen LogP contribution in [0.15, 0.2) is 24.7 Å². The number of aromatic nitrogens is 2. The Hall–Kier alpha value is -1.38. The van der Waals surface area contributed by atoms with Crippen LogP contribution in [0.3, 0.4) is 0 Å². The first-order valence-electron chi connectivity index (χ1n) is 4.21. The molecule has 0 bridgehead atoms. The third-order valence-corrected chi connectivity index (χ3v) is 1.85. The fourth-order valence-corrected chi connectivity index (χ4v) is 1.23. The number of aryl methyl sites for hydroxylation is 1. The molecule has 13 heavy (non-hydrogen) atoms. The highest BCUT2D eigenvalue weighted by atomic mass is 16.1. The first-order valence-corrected chi connectivity index (χ1v) is 4.21. The Morgan fingerprint density at radius 2 is 2.38 bits per heavy atom. The number of allylic oxidation sites excluding steroid dienone is 1. The Bertz CT molecular complexity index is 325. The van der Waals surface area contributed by atoms with E-state index in [1.165, 1.54) is 0 Å². The van der Waals surface area contributed by atoms with Gasteiger partial charge in [-0.3, -0.25) is 4.79 Å². The van der Waals surface area contributed by atoms with Crippen LogP contribution in [0.2, 0.25) is 0 Å². The molecule has 0 N–H and O–H groups in total. The van der Waals surface area contributed by atoms with Gasteiger partial charge in [0.2, 0.25) is 0 Å². The molecule has 3 heteroatoms. The minimum Gasteiger partial charge on any atom is -0.337 e. The minimum atomic E-state index is 0.159. The van der Waals surface area contributed by atoms with Gasteiger partial charge in [0, 0.05) is 31.8 Å². The molecule has 0 radical (unpaired) electrons. The molecule has 0 saturated heterocycles. The van der Waals surface area contributed by atoms with E-state index in [1.54, 1.807) is 19.4 Å². The highest BCUT2D eigenvalue weighted by molar-refractivity contribution is 5.78. The molecule has 1 aromatic rings. The predicted octanol–water partition coefficient (Wildman–Crippen LogP) is 1.50. The summed E-state index contributed by atoms with van der Waals surface area (Å²) in [7, 11) is 1.93. The van der Waals surface area contributed by atoms with E-state index in [1.807, 2.05) is 11.6 Å². The molecule has 0 saturated carbocycles. The summed E-state index contributed by atoms with van der Waals surface area (Å²) in [5.41, 5.74) is 2.03. The van der Waals surface area contributed by atoms with Crippen molar-refractivity contribution < 1.29 is 4.79 Å². The van der Waals surface area contributed by atoms with E-state index in [9.17, 15) is 4.79 Å². The van der Waals surface area contributed by atoms with E-state index in [0.29, 0.717) is 6.42 Å². The third kappa shape index (κ3) is 2.86. The maximum Gasteiger partial charge on any atom is 0.133 e. The van der Waals surface area contributed by atoms with E-state index < -0.39 is 0 Å². The van der Waals surface area contributed by atoms with Crippen LogP contribution < -0.4 is 0 Å². The summed E-state index contributed by atoms with van der Waals surface area (Å²) in [6, 6.07) is 0. The summed E-state index contributed by atoms with van der Waals surface area (Å²) in [6.45, 7) is 5.43. The van der Waals surface area contributed by atoms with Gasteiger partial charge in [0.15, 0.2) is 0 Å². The number of hydrogen-bond acceptors (Lipinski definition) is 2. The molecular formula is C10H14N2O. The molecule has 3 nitrogen and oxygen atoms in total. The largest absolute Gasteiger partial charge is 0.337 e. The first-order chi connectivity index (χ1) is 6.09. The van der Waals surface area contributed by atoms with E-state index in [2.05, 4.69) is 11.6 Å². The Morgan fingerprint density at radius 1 is 1.69 bits per heavy atom. The molecule has 1 heterocycles. The standard InChI is InChI=1S/C10H14N2O/c1-8(4-9(2)13)5-10-6-11-7-12(10)3/h6-7H,1,4-5H2,2-3H3. The molecule has 0 aliphatic carbocycles. The average Bonchev–Trinajstić information content (AvgIpc) is 2.34. The first kappa shape index (κ1) is 9.71. The summed E-state index contributed by atoms with van der Waals surface area (Å²) < 4.78 is 1.94. The fourth-order valence-electron chi connectivity index (χ4n) is 1.23. The van der Waals surface area contributed by atoms with Gasteiger partial charge in [0.25, 0.3) is 0 Å². The molecule has 70 valence electrons. The van der Waals surface area contributed by atoms with Crippen molar-refractivity contribution in [2.45, 2.75) is 19.8 Å². The maximum atomic E-state index is 10.8. The summed E-state index contributed by atoms with van der Waals surface area (Å²) in [6.07, 6.45) is 4.74. The number of imidazole rings is 1. The molecule has 0 aromatic carbocycles. The zero-order chi connectivity index (χ0) is 9.84. The Balaban J connectivity index is 2.55. The lowest BCUT2D eigenvalue weighted by molar-refractivity contribution is -0.116. The van der Waals surface area contributed by atoms with Crippen molar-refractivity contribution in [3.8, 4) is 0 Å². The molecule has 0 atom stereocenters. The van der Waals surface area contributed by atoms with Gasteiger partial charge in [0.05, 0.1) is 6.33 Å². The predicted molar refractivity (Wildman–Crippen MR) is 51.4 cm³/mol. The Morgan fingerprint density at radius 3 is 2.85 bits per heavy atom. The van der Waals surface area contributed by atoms with Crippen molar-refractivity contribution in [2.75, 3.05) is 0 Å². The second-order valence-corrected chi connectivity index (χ2v) is 3.30. The number of Topliss-reactive ketones (excluding diaryl/α,β-unsaturated/α-hetero) is 1. The smallest absolute Gasteiger partial charge is 0.133 e. The van der Waals surface area contributed by atoms with Gasteiger partial charge in [-0.1, -0.05) is 12.2 Å². The summed E-state index contributed by atoms with van der Waals surface area (Å²) >= 11 is 0. The van der Waals surface area contributed by atoms with Crippen molar-refractivity contribution >= 4 is 5.78 Å². The van der Waals surface area contributed by atoms with Crippen LogP contribution in [0.4, 0.5) is 0 Å². The van der Waals surface area contributed by atoms with Gasteiger partial charge in [-0.05, 0) is 6.92 Å². The van der Waals surface area contributed by atoms with E-state index in [0.717, 1.165) is 17.7 Å². The molecular weight excluding hydrogens is 164 g/mol. The lowest BCUT2D eigenvalue weighted by Gasteiger charge is -2.03. The van der Waals surface area contributed by atoms with Crippen LogP contribution in [0.25, 0.3) is 0 Å². The van der Waals surface area contributed by atoms with Crippen LogP contribution in [0.1, 0.15) is 19.0 Å². The molecule has 1 rings (SSSR count). The Kier molecular flexibility index (Phi) is 3.01. The summed E-state index contributed by atoms with van der Waals surface area (Å²) in [4.78, 5) is 14.8. The fraction of sp³-hybridized carbons (Fsp3) is 0.400. The van der Waals surface area contributed by atoms with Gasteiger partial charge in [-0.15, -0.1) is 0 Å². The summed E-state index contributed by atoms with van der Waals surface area (Å²) in [5.74, 6) is 0.159. The van der Waals surface area contributed by atoms with Crippen molar-refractivity contribution in [2.24, 2.45) is 7.05 Å². The van der Waals surface area contributed by atoms with Gasteiger partial charge in [0.1, 0.15) is 5.78 Å². The summed E-state index contributed by atoms with van der Waals surface area (Å²) in [5, 5.41) is 0. The minimum absolute atomic E-state index is 0.159. The lowest BCUT2D eigenvalue weighted by Crippen LogP contribution is -2.00. The number of rotatable bonds is 4. The van der Waals surface area contributed by atoms with Crippen molar-refractivity contribution in [1.29, 1.82) is 0 Å². The number of nitrogens with zero attached hydrogens (tertiary/aromatic N) is 2. The van der Waals surface area contributed by atoms with E-state index in [4.69, 9.17) is 0 Å². The quantitative estimate of drug-likeness (QED) is 0.655. The SMILES string of the molecule is C=C(CC(C)=O)Cc1cncn1C. The zero-order valence-electron chi connectivity index (χ0n) is 8.08. The number of carbonyl (C=O) groups excluding carboxylic acids is 1. The van der Waals surface area contributed by atoms with Crippen molar-refractivity contribution in [3.63, 3.8) is 0 Å². The molecule has 0 unspecified atom stereocenters. The number of carbonyl (C=O) groups is 1. The highest BCUT2D eigenvalue weighted by Gasteiger charge is 2.03. The number of ketones is 1. The molecule has 0 fully saturated rings. The molecule has 0 amide bonds. The Labute approximate surface area is 78.1 Å². The van der Waals surface area contributed by atoms with Crippen LogP contribution in [0, 0.1) is 0 Å². The average molecular weight is 178 g/mol. The van der Waals surface area contributed by atoms with Crippen LogP contribution >= 0.6 is 0 Å². The maximum absolute atomic E-state index is 10.8. The molecule has 1 aromatic heterocycles. The van der Waals surface area contributed by atoms with Gasteiger partial charge in [-0.2, -0.15) is 0 Å². The van der Waals surface area contributed by atoms with Crippen molar-refractivity contribution in [3.05, 3.63) is 30.4 Å². The van der Waals surface area contributed by atoms with E-state index >= 15 is 0 Å². The van der Waals surface area contributed by atoms with Gasteiger partial charge >= 0.3 is 0 Å². The van der Waals surface area contributed by atoms with Crippen molar-refractivity contribution in [1.82, 2.24) is 9.55 Å². The lowest BCUT2D eigenvalue weighted by atomic mass is 10.1. The topological polar surface area (TPSA) is 34.9 Å². The van der Waals surface area contributed by atoms with Gasteiger partial charge in [-0.25, -0.2) is 4.98 Å². The third-order valence-electron chi connectivity index (χ3n) is 1.85. The van der Waals surface area contributed by atoms with E-state index in [-0.39, 0.29) is 5.78 Å². The monoisotopic (exact) mass is 178 g/mol. The molecule has 0 spiro atoms. The molecule has 0 aliphatic heterocycles. The number of hydrogen-bond donors (Lipinski definition) is 0. The van der Waals surface area contributed by atoms with Crippen LogP contribution in [-0.2, 0) is 18.3 Å². The zero-order valence-corrected chi connectivity index (χ0v) is 8.08. The highest BCUT2D eigenvalue weighted by Crippen LogP contribution is 2.08. The normalized spacial score (nSPS) is 10.0.